The van der Waals surface area contributed by atoms with Crippen LogP contribution in [0.3, 0.4) is 0 Å². The third kappa shape index (κ3) is 3.05. The highest BCUT2D eigenvalue weighted by atomic mass is 35.5. The van der Waals surface area contributed by atoms with E-state index in [1.54, 1.807) is 6.07 Å². The number of carboxylic acid groups (broad SMARTS) is 1. The zero-order valence-corrected chi connectivity index (χ0v) is 11.6. The van der Waals surface area contributed by atoms with Gasteiger partial charge in [0.25, 0.3) is 5.56 Å². The smallest absolute Gasteiger partial charge is 0.337 e. The quantitative estimate of drug-likeness (QED) is 0.807. The molecule has 2 aromatic rings. The molecule has 1 fully saturated rings. The Morgan fingerprint density at radius 2 is 2.14 bits per heavy atom. The summed E-state index contributed by atoms with van der Waals surface area (Å²) in [5.41, 5.74) is 0.271. The molecule has 3 N–H and O–H groups in total. The van der Waals surface area contributed by atoms with Crippen LogP contribution in [0.5, 0.6) is 0 Å². The molecule has 1 aliphatic rings. The predicted molar refractivity (Wildman–Crippen MR) is 78.5 cm³/mol. The SMILES string of the molecule is O=C(O)c1cc(Nc2cc(=O)[nH]c(C3CC3)n2)ccc1Cl. The molecule has 7 heteroatoms. The number of H-pyrrole nitrogens is 1. The summed E-state index contributed by atoms with van der Waals surface area (Å²) in [5, 5.41) is 12.1. The highest BCUT2D eigenvalue weighted by Crippen LogP contribution is 2.37. The van der Waals surface area contributed by atoms with E-state index in [0.717, 1.165) is 12.8 Å². The Balaban J connectivity index is 1.91. The molecule has 0 atom stereocenters. The molecule has 0 bridgehead atoms. The third-order valence-corrected chi connectivity index (χ3v) is 3.52. The number of hydrogen-bond acceptors (Lipinski definition) is 4. The van der Waals surface area contributed by atoms with E-state index >= 15 is 0 Å². The Kier molecular flexibility index (Phi) is 3.39. The highest BCUT2D eigenvalue weighted by Gasteiger charge is 2.26. The molecule has 0 unspecified atom stereocenters. The molecular weight excluding hydrogens is 294 g/mol. The lowest BCUT2D eigenvalue weighted by Crippen LogP contribution is -2.11. The van der Waals surface area contributed by atoms with Crippen molar-refractivity contribution in [2.24, 2.45) is 0 Å². The normalized spacial score (nSPS) is 14.0. The molecule has 0 saturated heterocycles. The average Bonchev–Trinajstić information content (AvgIpc) is 3.24. The molecule has 0 spiro atoms. The fourth-order valence-corrected chi connectivity index (χ4v) is 2.20. The Bertz CT molecular complexity index is 768. The summed E-state index contributed by atoms with van der Waals surface area (Å²) in [4.78, 5) is 29.7. The minimum absolute atomic E-state index is 0.00563. The number of aromatic nitrogens is 2. The number of aromatic amines is 1. The van der Waals surface area contributed by atoms with Crippen molar-refractivity contribution in [3.63, 3.8) is 0 Å². The maximum absolute atomic E-state index is 11.6. The maximum Gasteiger partial charge on any atom is 0.337 e. The zero-order valence-electron chi connectivity index (χ0n) is 10.9. The molecular formula is C14H12ClN3O3. The molecule has 0 aliphatic heterocycles. The minimum Gasteiger partial charge on any atom is -0.478 e. The van der Waals surface area contributed by atoms with Crippen molar-refractivity contribution in [3.05, 3.63) is 51.0 Å². The molecule has 0 radical (unpaired) electrons. The number of carbonyl (C=O) groups is 1. The summed E-state index contributed by atoms with van der Waals surface area (Å²) in [6.45, 7) is 0. The number of nitrogens with zero attached hydrogens (tertiary/aromatic N) is 1. The number of rotatable bonds is 4. The van der Waals surface area contributed by atoms with Crippen LogP contribution in [-0.2, 0) is 0 Å². The van der Waals surface area contributed by atoms with Crippen molar-refractivity contribution in [3.8, 4) is 0 Å². The van der Waals surface area contributed by atoms with Gasteiger partial charge in [-0.15, -0.1) is 0 Å². The van der Waals surface area contributed by atoms with Crippen LogP contribution < -0.4 is 10.9 Å². The first kappa shape index (κ1) is 13.6. The van der Waals surface area contributed by atoms with E-state index in [-0.39, 0.29) is 16.1 Å². The van der Waals surface area contributed by atoms with Gasteiger partial charge in [-0.3, -0.25) is 4.79 Å². The first-order valence-corrected chi connectivity index (χ1v) is 6.82. The van der Waals surface area contributed by atoms with Crippen LogP contribution in [-0.4, -0.2) is 21.0 Å². The number of halogens is 1. The van der Waals surface area contributed by atoms with Crippen molar-refractivity contribution in [1.82, 2.24) is 9.97 Å². The molecule has 1 aromatic carbocycles. The van der Waals surface area contributed by atoms with Crippen LogP contribution in [0.25, 0.3) is 0 Å². The summed E-state index contributed by atoms with van der Waals surface area (Å²) in [6, 6.07) is 5.86. The first-order chi connectivity index (χ1) is 10.0. The van der Waals surface area contributed by atoms with Crippen molar-refractivity contribution in [2.45, 2.75) is 18.8 Å². The number of benzene rings is 1. The standard InChI is InChI=1S/C14H12ClN3O3/c15-10-4-3-8(5-9(10)14(20)21)16-11-6-12(19)18-13(17-11)7-1-2-7/h3-7H,1-2H2,(H,20,21)(H2,16,17,18,19). The van der Waals surface area contributed by atoms with Crippen LogP contribution >= 0.6 is 11.6 Å². The molecule has 1 aliphatic carbocycles. The van der Waals surface area contributed by atoms with Gasteiger partial charge in [-0.25, -0.2) is 9.78 Å². The summed E-state index contributed by atoms with van der Waals surface area (Å²) in [6.07, 6.45) is 2.05. The molecule has 1 heterocycles. The number of anilines is 2. The van der Waals surface area contributed by atoms with Crippen molar-refractivity contribution in [1.29, 1.82) is 0 Å². The summed E-state index contributed by atoms with van der Waals surface area (Å²) < 4.78 is 0. The molecule has 0 amide bonds. The van der Waals surface area contributed by atoms with E-state index in [1.165, 1.54) is 18.2 Å². The lowest BCUT2D eigenvalue weighted by Gasteiger charge is -2.08. The van der Waals surface area contributed by atoms with E-state index in [4.69, 9.17) is 16.7 Å². The average molecular weight is 306 g/mol. The van der Waals surface area contributed by atoms with E-state index in [2.05, 4.69) is 15.3 Å². The Morgan fingerprint density at radius 1 is 1.38 bits per heavy atom. The van der Waals surface area contributed by atoms with E-state index < -0.39 is 5.97 Å². The fourth-order valence-electron chi connectivity index (χ4n) is 2.01. The number of nitrogens with one attached hydrogen (secondary N) is 2. The van der Waals surface area contributed by atoms with Gasteiger partial charge in [-0.05, 0) is 31.0 Å². The van der Waals surface area contributed by atoms with Crippen LogP contribution in [0.15, 0.2) is 29.1 Å². The van der Waals surface area contributed by atoms with Crippen LogP contribution in [0.2, 0.25) is 5.02 Å². The lowest BCUT2D eigenvalue weighted by atomic mass is 10.2. The van der Waals surface area contributed by atoms with Gasteiger partial charge in [0, 0.05) is 17.7 Å². The Morgan fingerprint density at radius 3 is 2.81 bits per heavy atom. The summed E-state index contributed by atoms with van der Waals surface area (Å²) in [5.74, 6) is 0.261. The third-order valence-electron chi connectivity index (χ3n) is 3.19. The van der Waals surface area contributed by atoms with Gasteiger partial charge in [0.1, 0.15) is 11.6 Å². The van der Waals surface area contributed by atoms with E-state index in [0.29, 0.717) is 23.2 Å². The van der Waals surface area contributed by atoms with Gasteiger partial charge in [-0.1, -0.05) is 11.6 Å². The highest BCUT2D eigenvalue weighted by molar-refractivity contribution is 6.33. The van der Waals surface area contributed by atoms with Gasteiger partial charge in [0.05, 0.1) is 10.6 Å². The molecule has 1 aromatic heterocycles. The van der Waals surface area contributed by atoms with Crippen molar-refractivity contribution in [2.75, 3.05) is 5.32 Å². The second-order valence-electron chi connectivity index (χ2n) is 4.91. The Labute approximate surface area is 124 Å². The van der Waals surface area contributed by atoms with Crippen molar-refractivity contribution >= 4 is 29.1 Å². The second kappa shape index (κ2) is 5.21. The second-order valence-corrected chi connectivity index (χ2v) is 5.32. The van der Waals surface area contributed by atoms with Gasteiger partial charge in [-0.2, -0.15) is 0 Å². The fraction of sp³-hybridized carbons (Fsp3) is 0.214. The molecule has 108 valence electrons. The molecule has 21 heavy (non-hydrogen) atoms. The number of hydrogen-bond donors (Lipinski definition) is 3. The predicted octanol–water partition coefficient (Wildman–Crippen LogP) is 2.74. The van der Waals surface area contributed by atoms with E-state index in [1.807, 2.05) is 0 Å². The topological polar surface area (TPSA) is 95.1 Å². The van der Waals surface area contributed by atoms with Crippen molar-refractivity contribution < 1.29 is 9.90 Å². The summed E-state index contributed by atoms with van der Waals surface area (Å²) in [7, 11) is 0. The van der Waals surface area contributed by atoms with E-state index in [9.17, 15) is 9.59 Å². The van der Waals surface area contributed by atoms with Crippen LogP contribution in [0.4, 0.5) is 11.5 Å². The van der Waals surface area contributed by atoms with Gasteiger partial charge >= 0.3 is 5.97 Å². The van der Waals surface area contributed by atoms with Gasteiger partial charge in [0.15, 0.2) is 0 Å². The Hall–Kier alpha value is -2.34. The molecule has 3 rings (SSSR count). The van der Waals surface area contributed by atoms with Crippen LogP contribution in [0, 0.1) is 0 Å². The number of carboxylic acids is 1. The summed E-state index contributed by atoms with van der Waals surface area (Å²) >= 11 is 5.82. The van der Waals surface area contributed by atoms with Crippen LogP contribution in [0.1, 0.15) is 34.9 Å². The van der Waals surface area contributed by atoms with Gasteiger partial charge in [0.2, 0.25) is 0 Å². The number of aromatic carboxylic acids is 1. The monoisotopic (exact) mass is 305 g/mol. The lowest BCUT2D eigenvalue weighted by molar-refractivity contribution is 0.0697. The zero-order chi connectivity index (χ0) is 15.0. The minimum atomic E-state index is -1.11. The molecule has 1 saturated carbocycles. The molecule has 6 nitrogen and oxygen atoms in total. The largest absolute Gasteiger partial charge is 0.478 e. The first-order valence-electron chi connectivity index (χ1n) is 6.44. The van der Waals surface area contributed by atoms with Gasteiger partial charge < -0.3 is 15.4 Å². The maximum atomic E-state index is 11.6.